The van der Waals surface area contributed by atoms with E-state index >= 15 is 0 Å². The first kappa shape index (κ1) is 19.1. The number of rotatable bonds is 7. The second-order valence-electron chi connectivity index (χ2n) is 6.89. The normalized spacial score (nSPS) is 21.5. The number of aromatic nitrogens is 3. The third-order valence-corrected chi connectivity index (χ3v) is 4.92. The van der Waals surface area contributed by atoms with Crippen LogP contribution in [-0.4, -0.2) is 66.3 Å². The maximum Gasteiger partial charge on any atom is 0.191 e. The van der Waals surface area contributed by atoms with Gasteiger partial charge in [-0.25, -0.2) is 9.67 Å². The summed E-state index contributed by atoms with van der Waals surface area (Å²) in [4.78, 5) is 8.91. The Bertz CT molecular complexity index is 582. The van der Waals surface area contributed by atoms with Crippen molar-refractivity contribution in [3.8, 4) is 0 Å². The summed E-state index contributed by atoms with van der Waals surface area (Å²) in [5.74, 6) is 2.89. The molecule has 2 N–H and O–H groups in total. The van der Waals surface area contributed by atoms with E-state index in [9.17, 15) is 0 Å². The molecule has 3 rings (SSSR count). The maximum absolute atomic E-state index is 5.90. The largest absolute Gasteiger partial charge is 0.381 e. The number of fused-ring (bicyclic) bond motifs is 1. The van der Waals surface area contributed by atoms with Crippen LogP contribution in [0.1, 0.15) is 44.3 Å². The molecule has 2 aliphatic rings. The van der Waals surface area contributed by atoms with Gasteiger partial charge in [0.25, 0.3) is 0 Å². The summed E-state index contributed by atoms with van der Waals surface area (Å²) in [6, 6.07) is 0.332. The fourth-order valence-corrected chi connectivity index (χ4v) is 3.39. The molecular formula is C18H32N6O2. The number of ether oxygens (including phenoxy) is 2. The van der Waals surface area contributed by atoms with Crippen molar-refractivity contribution in [3.05, 3.63) is 11.6 Å². The molecule has 2 aliphatic heterocycles. The summed E-state index contributed by atoms with van der Waals surface area (Å²) in [7, 11) is 1.81. The molecule has 146 valence electrons. The molecule has 8 heteroatoms. The second-order valence-corrected chi connectivity index (χ2v) is 6.89. The van der Waals surface area contributed by atoms with E-state index in [4.69, 9.17) is 9.47 Å². The Morgan fingerprint density at radius 3 is 2.96 bits per heavy atom. The molecule has 8 nitrogen and oxygen atoms in total. The van der Waals surface area contributed by atoms with Gasteiger partial charge < -0.3 is 20.1 Å². The van der Waals surface area contributed by atoms with Gasteiger partial charge in [0.05, 0.1) is 12.6 Å². The summed E-state index contributed by atoms with van der Waals surface area (Å²) < 4.78 is 13.3. The van der Waals surface area contributed by atoms with E-state index in [1.165, 1.54) is 0 Å². The molecule has 0 bridgehead atoms. The quantitative estimate of drug-likeness (QED) is 0.425. The van der Waals surface area contributed by atoms with Gasteiger partial charge >= 0.3 is 0 Å². The van der Waals surface area contributed by atoms with Crippen LogP contribution in [0.2, 0.25) is 0 Å². The average molecular weight is 364 g/mol. The van der Waals surface area contributed by atoms with Crippen molar-refractivity contribution >= 4 is 5.96 Å². The first-order valence-electron chi connectivity index (χ1n) is 9.87. The van der Waals surface area contributed by atoms with E-state index in [2.05, 4.69) is 32.6 Å². The van der Waals surface area contributed by atoms with Crippen molar-refractivity contribution in [2.24, 2.45) is 4.99 Å². The molecule has 0 aliphatic carbocycles. The van der Waals surface area contributed by atoms with Crippen LogP contribution in [0, 0.1) is 0 Å². The summed E-state index contributed by atoms with van der Waals surface area (Å²) >= 11 is 0. The fourth-order valence-electron chi connectivity index (χ4n) is 3.39. The number of guanidine groups is 1. The van der Waals surface area contributed by atoms with Crippen LogP contribution in [-0.2, 0) is 28.9 Å². The lowest BCUT2D eigenvalue weighted by Gasteiger charge is -2.25. The molecule has 1 aromatic heterocycles. The van der Waals surface area contributed by atoms with Crippen molar-refractivity contribution < 1.29 is 9.47 Å². The maximum atomic E-state index is 5.90. The van der Waals surface area contributed by atoms with Gasteiger partial charge in [0, 0.05) is 52.3 Å². The highest BCUT2D eigenvalue weighted by molar-refractivity contribution is 5.79. The highest BCUT2D eigenvalue weighted by Gasteiger charge is 2.22. The van der Waals surface area contributed by atoms with Crippen molar-refractivity contribution in [1.29, 1.82) is 0 Å². The molecule has 1 fully saturated rings. The van der Waals surface area contributed by atoms with Crippen LogP contribution in [0.4, 0.5) is 0 Å². The standard InChI is InChI=1S/C18H32N6O2/c1-3-16-22-17-6-5-14(13-24(17)23-16)21-18(19-2)20-9-4-10-26-15-7-11-25-12-8-15/h14-15H,3-13H2,1-2H3,(H2,19,20,21). The minimum absolute atomic E-state index is 0.332. The lowest BCUT2D eigenvalue weighted by molar-refractivity contribution is -0.0320. The van der Waals surface area contributed by atoms with Gasteiger partial charge in [0.15, 0.2) is 11.8 Å². The molecule has 0 aromatic carbocycles. The SMILES string of the molecule is CCc1nc2n(n1)CC(NC(=NC)NCCCOC1CCOCC1)CC2. The average Bonchev–Trinajstić information content (AvgIpc) is 3.10. The van der Waals surface area contributed by atoms with E-state index in [1.807, 2.05) is 11.7 Å². The number of aryl methyl sites for hydroxylation is 2. The molecule has 0 spiro atoms. The first-order chi connectivity index (χ1) is 12.8. The Morgan fingerprint density at radius 2 is 2.19 bits per heavy atom. The fraction of sp³-hybridized carbons (Fsp3) is 0.833. The van der Waals surface area contributed by atoms with E-state index in [-0.39, 0.29) is 0 Å². The van der Waals surface area contributed by atoms with Crippen molar-refractivity contribution in [2.45, 2.75) is 64.1 Å². The third kappa shape index (κ3) is 5.41. The molecule has 1 aromatic rings. The first-order valence-corrected chi connectivity index (χ1v) is 9.87. The molecule has 0 saturated carbocycles. The van der Waals surface area contributed by atoms with Crippen molar-refractivity contribution in [3.63, 3.8) is 0 Å². The van der Waals surface area contributed by atoms with Crippen LogP contribution in [0.25, 0.3) is 0 Å². The Balaban J connectivity index is 1.34. The summed E-state index contributed by atoms with van der Waals surface area (Å²) in [6.07, 6.45) is 6.27. The van der Waals surface area contributed by atoms with Crippen LogP contribution < -0.4 is 10.6 Å². The molecule has 1 atom stereocenters. The van der Waals surface area contributed by atoms with Gasteiger partial charge in [-0.1, -0.05) is 6.92 Å². The number of hydrogen-bond acceptors (Lipinski definition) is 5. The van der Waals surface area contributed by atoms with E-state index in [0.29, 0.717) is 12.1 Å². The minimum atomic E-state index is 0.332. The van der Waals surface area contributed by atoms with Gasteiger partial charge in [-0.05, 0) is 25.7 Å². The zero-order valence-corrected chi connectivity index (χ0v) is 16.0. The highest BCUT2D eigenvalue weighted by Crippen LogP contribution is 2.13. The van der Waals surface area contributed by atoms with Gasteiger partial charge in [-0.2, -0.15) is 5.10 Å². The number of hydrogen-bond donors (Lipinski definition) is 2. The Morgan fingerprint density at radius 1 is 1.35 bits per heavy atom. The number of nitrogens with one attached hydrogen (secondary N) is 2. The topological polar surface area (TPSA) is 85.6 Å². The van der Waals surface area contributed by atoms with E-state index in [1.54, 1.807) is 0 Å². The smallest absolute Gasteiger partial charge is 0.191 e. The number of aliphatic imine (C=N–C) groups is 1. The van der Waals surface area contributed by atoms with E-state index < -0.39 is 0 Å². The van der Waals surface area contributed by atoms with Crippen LogP contribution in [0.3, 0.4) is 0 Å². The van der Waals surface area contributed by atoms with Crippen LogP contribution in [0.5, 0.6) is 0 Å². The van der Waals surface area contributed by atoms with E-state index in [0.717, 1.165) is 89.0 Å². The molecule has 1 unspecified atom stereocenters. The Kier molecular flexibility index (Phi) is 7.25. The van der Waals surface area contributed by atoms with Crippen molar-refractivity contribution in [2.75, 3.05) is 33.4 Å². The van der Waals surface area contributed by atoms with Crippen LogP contribution >= 0.6 is 0 Å². The predicted molar refractivity (Wildman–Crippen MR) is 100 cm³/mol. The predicted octanol–water partition coefficient (Wildman–Crippen LogP) is 0.906. The molecule has 1 saturated heterocycles. The Labute approximate surface area is 155 Å². The lowest BCUT2D eigenvalue weighted by Crippen LogP contribution is -2.47. The summed E-state index contributed by atoms with van der Waals surface area (Å²) in [6.45, 7) is 6.22. The lowest BCUT2D eigenvalue weighted by atomic mass is 10.1. The highest BCUT2D eigenvalue weighted by atomic mass is 16.5. The summed E-state index contributed by atoms with van der Waals surface area (Å²) in [5, 5.41) is 11.5. The second kappa shape index (κ2) is 9.87. The zero-order chi connectivity index (χ0) is 18.2. The van der Waals surface area contributed by atoms with Gasteiger partial charge in [0.1, 0.15) is 5.82 Å². The van der Waals surface area contributed by atoms with Gasteiger partial charge in [-0.3, -0.25) is 4.99 Å². The molecule has 26 heavy (non-hydrogen) atoms. The molecule has 3 heterocycles. The zero-order valence-electron chi connectivity index (χ0n) is 16.0. The van der Waals surface area contributed by atoms with Gasteiger partial charge in [-0.15, -0.1) is 0 Å². The molecule has 0 radical (unpaired) electrons. The summed E-state index contributed by atoms with van der Waals surface area (Å²) in [5.41, 5.74) is 0. The Hall–Kier alpha value is -1.67. The number of nitrogens with zero attached hydrogens (tertiary/aromatic N) is 4. The molecular weight excluding hydrogens is 332 g/mol. The van der Waals surface area contributed by atoms with Crippen molar-refractivity contribution in [1.82, 2.24) is 25.4 Å². The van der Waals surface area contributed by atoms with Gasteiger partial charge in [0.2, 0.25) is 0 Å². The minimum Gasteiger partial charge on any atom is -0.381 e. The molecule has 0 amide bonds. The van der Waals surface area contributed by atoms with Crippen LogP contribution in [0.15, 0.2) is 4.99 Å². The monoisotopic (exact) mass is 364 g/mol. The third-order valence-electron chi connectivity index (χ3n) is 4.92.